The first-order chi connectivity index (χ1) is 10.6. The first-order valence-corrected chi connectivity index (χ1v) is 7.15. The summed E-state index contributed by atoms with van der Waals surface area (Å²) in [6, 6.07) is 15.9. The monoisotopic (exact) mass is 297 g/mol. The molecular formula is C18H19NO3. The molecule has 22 heavy (non-hydrogen) atoms. The summed E-state index contributed by atoms with van der Waals surface area (Å²) < 4.78 is 0. The van der Waals surface area contributed by atoms with Gasteiger partial charge in [0, 0.05) is 30.4 Å². The van der Waals surface area contributed by atoms with Crippen LogP contribution >= 0.6 is 0 Å². The Hall–Kier alpha value is -2.46. The zero-order valence-electron chi connectivity index (χ0n) is 12.5. The Bertz CT molecular complexity index is 635. The van der Waals surface area contributed by atoms with Crippen molar-refractivity contribution in [3.05, 3.63) is 65.7 Å². The molecule has 0 atom stereocenters. The number of likely N-dealkylation sites (N-methyl/N-ethyl adjacent to an activating group) is 1. The second-order valence-corrected chi connectivity index (χ2v) is 5.08. The first-order valence-electron chi connectivity index (χ1n) is 7.15. The minimum absolute atomic E-state index is 0.0722. The number of Topliss-reactive ketones (excluding diaryl/α,β-unsaturated/α-hetero) is 2. The molecule has 0 fully saturated rings. The van der Waals surface area contributed by atoms with Gasteiger partial charge in [0.05, 0.1) is 13.0 Å². The molecule has 0 saturated carbocycles. The van der Waals surface area contributed by atoms with E-state index in [0.29, 0.717) is 17.7 Å². The van der Waals surface area contributed by atoms with Crippen LogP contribution in [0.1, 0.15) is 27.1 Å². The molecule has 0 saturated heterocycles. The van der Waals surface area contributed by atoms with E-state index in [1.807, 2.05) is 30.1 Å². The number of hydrogen-bond acceptors (Lipinski definition) is 4. The van der Waals surface area contributed by atoms with Gasteiger partial charge in [-0.3, -0.25) is 9.59 Å². The van der Waals surface area contributed by atoms with Crippen molar-refractivity contribution in [3.8, 4) is 0 Å². The van der Waals surface area contributed by atoms with Gasteiger partial charge in [-0.05, 0) is 24.3 Å². The minimum Gasteiger partial charge on any atom is -0.395 e. The molecule has 0 bridgehead atoms. The topological polar surface area (TPSA) is 57.6 Å². The normalized spacial score (nSPS) is 10.3. The Morgan fingerprint density at radius 3 is 2.00 bits per heavy atom. The summed E-state index contributed by atoms with van der Waals surface area (Å²) in [5.41, 5.74) is 1.99. The standard InChI is InChI=1S/C18H19NO3/c1-19(11-12-20)16-9-7-15(8-10-16)18(22)13-17(21)14-5-3-2-4-6-14/h2-10,20H,11-13H2,1H3. The Kier molecular flexibility index (Phi) is 5.44. The van der Waals surface area contributed by atoms with Crippen LogP contribution in [0.15, 0.2) is 54.6 Å². The number of rotatable bonds is 7. The molecule has 2 aromatic rings. The SMILES string of the molecule is CN(CCO)c1ccc(C(=O)CC(=O)c2ccccc2)cc1. The third-order valence-electron chi connectivity index (χ3n) is 3.48. The summed E-state index contributed by atoms with van der Waals surface area (Å²) in [6.07, 6.45) is -0.129. The quantitative estimate of drug-likeness (QED) is 0.630. The van der Waals surface area contributed by atoms with E-state index >= 15 is 0 Å². The molecule has 0 aliphatic rings. The van der Waals surface area contributed by atoms with Gasteiger partial charge in [0.15, 0.2) is 11.6 Å². The number of benzene rings is 2. The zero-order chi connectivity index (χ0) is 15.9. The molecule has 4 nitrogen and oxygen atoms in total. The lowest BCUT2D eigenvalue weighted by Crippen LogP contribution is -2.21. The molecule has 0 aromatic heterocycles. The fraction of sp³-hybridized carbons (Fsp3) is 0.222. The molecule has 0 aliphatic carbocycles. The third kappa shape index (κ3) is 4.02. The van der Waals surface area contributed by atoms with Crippen molar-refractivity contribution in [2.24, 2.45) is 0 Å². The van der Waals surface area contributed by atoms with Crippen LogP contribution in [0.3, 0.4) is 0 Å². The number of ketones is 2. The largest absolute Gasteiger partial charge is 0.395 e. The molecule has 2 rings (SSSR count). The number of hydrogen-bond donors (Lipinski definition) is 1. The highest BCUT2D eigenvalue weighted by molar-refractivity contribution is 6.13. The molecule has 0 heterocycles. The molecular weight excluding hydrogens is 278 g/mol. The van der Waals surface area contributed by atoms with E-state index in [-0.39, 0.29) is 24.6 Å². The van der Waals surface area contributed by atoms with Crippen LogP contribution in [0.25, 0.3) is 0 Å². The average molecular weight is 297 g/mol. The van der Waals surface area contributed by atoms with Gasteiger partial charge >= 0.3 is 0 Å². The minimum atomic E-state index is -0.190. The average Bonchev–Trinajstić information content (AvgIpc) is 2.56. The van der Waals surface area contributed by atoms with Crippen molar-refractivity contribution in [2.45, 2.75) is 6.42 Å². The molecule has 0 amide bonds. The van der Waals surface area contributed by atoms with Crippen LogP contribution in [0.5, 0.6) is 0 Å². The van der Waals surface area contributed by atoms with Gasteiger partial charge in [-0.1, -0.05) is 30.3 Å². The Morgan fingerprint density at radius 1 is 0.909 bits per heavy atom. The highest BCUT2D eigenvalue weighted by atomic mass is 16.3. The predicted molar refractivity (Wildman–Crippen MR) is 86.5 cm³/mol. The molecule has 0 unspecified atom stereocenters. The molecule has 2 aromatic carbocycles. The summed E-state index contributed by atoms with van der Waals surface area (Å²) in [6.45, 7) is 0.600. The second-order valence-electron chi connectivity index (χ2n) is 5.08. The van der Waals surface area contributed by atoms with E-state index in [2.05, 4.69) is 0 Å². The smallest absolute Gasteiger partial charge is 0.170 e. The lowest BCUT2D eigenvalue weighted by Gasteiger charge is -2.17. The van der Waals surface area contributed by atoms with Gasteiger partial charge < -0.3 is 10.0 Å². The highest BCUT2D eigenvalue weighted by Gasteiger charge is 2.13. The Labute approximate surface area is 130 Å². The highest BCUT2D eigenvalue weighted by Crippen LogP contribution is 2.15. The van der Waals surface area contributed by atoms with Gasteiger partial charge in [0.1, 0.15) is 0 Å². The summed E-state index contributed by atoms with van der Waals surface area (Å²) >= 11 is 0. The van der Waals surface area contributed by atoms with Crippen molar-refractivity contribution in [1.29, 1.82) is 0 Å². The van der Waals surface area contributed by atoms with E-state index in [9.17, 15) is 9.59 Å². The van der Waals surface area contributed by atoms with E-state index in [1.54, 1.807) is 36.4 Å². The van der Waals surface area contributed by atoms with Gasteiger partial charge in [0.25, 0.3) is 0 Å². The molecule has 114 valence electrons. The number of anilines is 1. The fourth-order valence-electron chi connectivity index (χ4n) is 2.15. The van der Waals surface area contributed by atoms with Gasteiger partial charge in [-0.25, -0.2) is 0 Å². The van der Waals surface area contributed by atoms with Crippen molar-refractivity contribution >= 4 is 17.3 Å². The van der Waals surface area contributed by atoms with Crippen molar-refractivity contribution < 1.29 is 14.7 Å². The number of carbonyl (C=O) groups is 2. The Morgan fingerprint density at radius 2 is 1.45 bits per heavy atom. The van der Waals surface area contributed by atoms with E-state index in [4.69, 9.17) is 5.11 Å². The fourth-order valence-corrected chi connectivity index (χ4v) is 2.15. The van der Waals surface area contributed by atoms with Crippen LogP contribution in [-0.2, 0) is 0 Å². The van der Waals surface area contributed by atoms with Crippen molar-refractivity contribution in [3.63, 3.8) is 0 Å². The molecule has 0 spiro atoms. The maximum atomic E-state index is 12.2. The second kappa shape index (κ2) is 7.52. The molecule has 0 radical (unpaired) electrons. The van der Waals surface area contributed by atoms with E-state index in [0.717, 1.165) is 5.69 Å². The lowest BCUT2D eigenvalue weighted by atomic mass is 10.0. The maximum absolute atomic E-state index is 12.2. The van der Waals surface area contributed by atoms with Crippen molar-refractivity contribution in [2.75, 3.05) is 25.1 Å². The van der Waals surface area contributed by atoms with Crippen LogP contribution in [0.4, 0.5) is 5.69 Å². The number of carbonyl (C=O) groups excluding carboxylic acids is 2. The summed E-state index contributed by atoms with van der Waals surface area (Å²) in [7, 11) is 1.87. The van der Waals surface area contributed by atoms with Gasteiger partial charge in [-0.15, -0.1) is 0 Å². The van der Waals surface area contributed by atoms with Crippen LogP contribution < -0.4 is 4.90 Å². The first kappa shape index (κ1) is 15.9. The van der Waals surface area contributed by atoms with Crippen LogP contribution in [-0.4, -0.2) is 36.9 Å². The Balaban J connectivity index is 2.02. The van der Waals surface area contributed by atoms with E-state index in [1.165, 1.54) is 0 Å². The zero-order valence-corrected chi connectivity index (χ0v) is 12.5. The van der Waals surface area contributed by atoms with Crippen LogP contribution in [0, 0.1) is 0 Å². The number of aliphatic hydroxyl groups excluding tert-OH is 1. The van der Waals surface area contributed by atoms with Gasteiger partial charge in [-0.2, -0.15) is 0 Å². The summed E-state index contributed by atoms with van der Waals surface area (Å²) in [5.74, 6) is -0.364. The van der Waals surface area contributed by atoms with E-state index < -0.39 is 0 Å². The summed E-state index contributed by atoms with van der Waals surface area (Å²) in [4.78, 5) is 26.1. The number of aliphatic hydroxyl groups is 1. The molecule has 1 N–H and O–H groups in total. The molecule has 0 aliphatic heterocycles. The molecule has 4 heteroatoms. The van der Waals surface area contributed by atoms with Gasteiger partial charge in [0.2, 0.25) is 0 Å². The van der Waals surface area contributed by atoms with Crippen molar-refractivity contribution in [1.82, 2.24) is 0 Å². The lowest BCUT2D eigenvalue weighted by molar-refractivity contribution is 0.0894. The maximum Gasteiger partial charge on any atom is 0.170 e. The third-order valence-corrected chi connectivity index (χ3v) is 3.48. The summed E-state index contributed by atoms with van der Waals surface area (Å²) in [5, 5.41) is 8.91. The van der Waals surface area contributed by atoms with Crippen LogP contribution in [0.2, 0.25) is 0 Å². The number of nitrogens with zero attached hydrogens (tertiary/aromatic N) is 1. The predicted octanol–water partition coefficient (Wildman–Crippen LogP) is 2.57.